The Bertz CT molecular complexity index is 210. The summed E-state index contributed by atoms with van der Waals surface area (Å²) >= 11 is 0. The first-order valence-corrected chi connectivity index (χ1v) is 4.35. The molecular weight excluding hydrogens is 170 g/mol. The molecule has 0 aliphatic carbocycles. The fourth-order valence-electron chi connectivity index (χ4n) is 1.15. The van der Waals surface area contributed by atoms with E-state index in [0.717, 1.165) is 5.56 Å². The molecule has 0 nitrogen and oxygen atoms in total. The van der Waals surface area contributed by atoms with E-state index < -0.39 is 6.17 Å². The highest BCUT2D eigenvalue weighted by atomic mass is 19.1. The average Bonchev–Trinajstić information content (AvgIpc) is 2.04. The van der Waals surface area contributed by atoms with Gasteiger partial charge in [-0.15, -0.1) is 0 Å². The number of hydrogen-bond acceptors (Lipinski definition) is 0. The van der Waals surface area contributed by atoms with Crippen LogP contribution < -0.4 is 0 Å². The minimum Gasteiger partial charge on any atom is -0.269 e. The van der Waals surface area contributed by atoms with Crippen LogP contribution in [0.25, 0.3) is 0 Å². The van der Waals surface area contributed by atoms with E-state index in [-0.39, 0.29) is 4.70 Å². The van der Waals surface area contributed by atoms with Gasteiger partial charge < -0.3 is 0 Å². The van der Waals surface area contributed by atoms with E-state index in [0.29, 0.717) is 5.92 Å². The molecule has 0 aliphatic heterocycles. The van der Waals surface area contributed by atoms with Crippen molar-refractivity contribution in [1.29, 1.82) is 0 Å². The summed E-state index contributed by atoms with van der Waals surface area (Å²) in [6, 6.07) is 7.71. The first-order valence-electron chi connectivity index (χ1n) is 4.35. The van der Waals surface area contributed by atoms with Crippen LogP contribution in [0.3, 0.4) is 0 Å². The second-order valence-electron chi connectivity index (χ2n) is 3.44. The summed E-state index contributed by atoms with van der Waals surface area (Å²) in [5.41, 5.74) is 2.03. The highest BCUT2D eigenvalue weighted by Gasteiger charge is 2.03. The van der Waals surface area contributed by atoms with Crippen LogP contribution >= 0.6 is 0 Å². The van der Waals surface area contributed by atoms with Gasteiger partial charge in [0.15, 0.2) is 0 Å². The molecule has 0 aromatic heterocycles. The molecule has 1 aromatic rings. The summed E-state index contributed by atoms with van der Waals surface area (Å²) < 4.78 is 12.8. The predicted molar refractivity (Wildman–Crippen MR) is 52.6 cm³/mol. The second-order valence-corrected chi connectivity index (χ2v) is 3.44. The summed E-state index contributed by atoms with van der Waals surface area (Å²) in [7, 11) is 0. The third-order valence-electron chi connectivity index (χ3n) is 2.06. The molecule has 1 unspecified atom stereocenters. The van der Waals surface area contributed by atoms with Crippen molar-refractivity contribution >= 4 is 0 Å². The number of alkyl halides is 1. The zero-order chi connectivity index (χ0) is 9.14. The summed E-state index contributed by atoms with van der Waals surface area (Å²) in [5, 5.41) is 0. The highest BCUT2D eigenvalue weighted by Crippen LogP contribution is 2.20. The molecule has 1 aromatic carbocycles. The lowest BCUT2D eigenvalue weighted by Gasteiger charge is -2.06. The molecule has 0 amide bonds. The fourth-order valence-corrected chi connectivity index (χ4v) is 1.15. The van der Waals surface area contributed by atoms with Gasteiger partial charge in [0.25, 0.3) is 0 Å². The topological polar surface area (TPSA) is 0 Å². The van der Waals surface area contributed by atoms with Gasteiger partial charge in [-0.25, -0.2) is 4.39 Å². The van der Waals surface area contributed by atoms with Gasteiger partial charge in [-0.05, 0) is 24.0 Å². The van der Waals surface area contributed by atoms with Gasteiger partial charge in [-0.3, -0.25) is 4.70 Å². The van der Waals surface area contributed by atoms with Gasteiger partial charge in [0.1, 0.15) is 6.17 Å². The molecule has 13 heavy (non-hydrogen) atoms. The zero-order valence-electron chi connectivity index (χ0n) is 8.25. The number of hydrogen-bond donors (Lipinski definition) is 0. The monoisotopic (exact) mass is 186 g/mol. The molecule has 0 radical (unpaired) electrons. The lowest BCUT2D eigenvalue weighted by Crippen LogP contribution is -1.89. The second kappa shape index (κ2) is 4.95. The van der Waals surface area contributed by atoms with Crippen LogP contribution in [0.2, 0.25) is 0 Å². The maximum atomic E-state index is 12.8. The van der Waals surface area contributed by atoms with E-state index in [1.54, 1.807) is 6.92 Å². The van der Waals surface area contributed by atoms with Gasteiger partial charge in [-0.2, -0.15) is 0 Å². The van der Waals surface area contributed by atoms with Crippen LogP contribution in [0.4, 0.5) is 9.09 Å². The first-order chi connectivity index (χ1) is 5.61. The lowest BCUT2D eigenvalue weighted by molar-refractivity contribution is 0.374. The van der Waals surface area contributed by atoms with Crippen LogP contribution in [0.15, 0.2) is 24.3 Å². The molecule has 0 aliphatic rings. The number of rotatable bonds is 2. The summed E-state index contributed by atoms with van der Waals surface area (Å²) in [6.45, 7) is 5.83. The van der Waals surface area contributed by atoms with Crippen molar-refractivity contribution in [2.45, 2.75) is 32.9 Å². The first kappa shape index (κ1) is 12.1. The maximum Gasteiger partial charge on any atom is 0.122 e. The van der Waals surface area contributed by atoms with Crippen LogP contribution in [0.5, 0.6) is 0 Å². The highest BCUT2D eigenvalue weighted by molar-refractivity contribution is 5.25. The normalized spacial score (nSPS) is 12.4. The minimum atomic E-state index is -0.855. The Balaban J connectivity index is 0.00000144. The third kappa shape index (κ3) is 3.13. The Labute approximate surface area is 78.2 Å². The molecule has 0 saturated carbocycles. The molecule has 0 spiro atoms. The Hall–Kier alpha value is -0.920. The molecule has 0 fully saturated rings. The number of benzene rings is 1. The van der Waals surface area contributed by atoms with E-state index in [1.165, 1.54) is 5.56 Å². The van der Waals surface area contributed by atoms with Crippen molar-refractivity contribution in [2.24, 2.45) is 0 Å². The van der Waals surface area contributed by atoms with Crippen LogP contribution in [0, 0.1) is 0 Å². The Morgan fingerprint density at radius 1 is 0.923 bits per heavy atom. The van der Waals surface area contributed by atoms with E-state index in [9.17, 15) is 4.39 Å². The molecule has 0 N–H and O–H groups in total. The van der Waals surface area contributed by atoms with E-state index in [4.69, 9.17) is 0 Å². The van der Waals surface area contributed by atoms with Gasteiger partial charge in [0.05, 0.1) is 0 Å². The molecule has 2 heteroatoms. The predicted octanol–water partition coefficient (Wildman–Crippen LogP) is 3.99. The quantitative estimate of drug-likeness (QED) is 0.655. The van der Waals surface area contributed by atoms with Crippen LogP contribution in [-0.2, 0) is 0 Å². The van der Waals surface area contributed by atoms with Crippen molar-refractivity contribution in [3.8, 4) is 0 Å². The fraction of sp³-hybridized carbons (Fsp3) is 0.455. The van der Waals surface area contributed by atoms with Crippen LogP contribution in [-0.4, -0.2) is 0 Å². The van der Waals surface area contributed by atoms with Gasteiger partial charge in [-0.1, -0.05) is 38.1 Å². The largest absolute Gasteiger partial charge is 0.269 e. The molecule has 1 atom stereocenters. The van der Waals surface area contributed by atoms with E-state index >= 15 is 0 Å². The van der Waals surface area contributed by atoms with Gasteiger partial charge in [0.2, 0.25) is 0 Å². The third-order valence-corrected chi connectivity index (χ3v) is 2.06. The smallest absolute Gasteiger partial charge is 0.122 e. The average molecular weight is 186 g/mol. The number of halogens is 2. The van der Waals surface area contributed by atoms with Crippen molar-refractivity contribution in [2.75, 3.05) is 0 Å². The van der Waals surface area contributed by atoms with Crippen molar-refractivity contribution in [3.63, 3.8) is 0 Å². The minimum absolute atomic E-state index is 0. The van der Waals surface area contributed by atoms with Crippen molar-refractivity contribution < 1.29 is 9.09 Å². The lowest BCUT2D eigenvalue weighted by atomic mass is 10.0. The zero-order valence-corrected chi connectivity index (χ0v) is 8.25. The summed E-state index contributed by atoms with van der Waals surface area (Å²) in [6.07, 6.45) is -0.855. The van der Waals surface area contributed by atoms with Crippen molar-refractivity contribution in [3.05, 3.63) is 35.4 Å². The molecule has 0 bridgehead atoms. The SMILES string of the molecule is CC(C)c1ccc(C(C)F)cc1.F. The molecule has 1 rings (SSSR count). The Morgan fingerprint density at radius 3 is 1.62 bits per heavy atom. The Kier molecular flexibility index (Phi) is 4.60. The summed E-state index contributed by atoms with van der Waals surface area (Å²) in [5.74, 6) is 0.522. The van der Waals surface area contributed by atoms with E-state index in [2.05, 4.69) is 13.8 Å². The maximum absolute atomic E-state index is 12.8. The van der Waals surface area contributed by atoms with Gasteiger partial charge in [0, 0.05) is 0 Å². The standard InChI is InChI=1S/C11H15F.FH/c1-8(2)10-4-6-11(7-5-10)9(3)12;/h4-9H,1-3H3;1H. The molecule has 74 valence electrons. The molecular formula is C11H16F2. The van der Waals surface area contributed by atoms with E-state index in [1.807, 2.05) is 24.3 Å². The molecule has 0 saturated heterocycles. The van der Waals surface area contributed by atoms with Crippen molar-refractivity contribution in [1.82, 2.24) is 0 Å². The molecule has 0 heterocycles. The van der Waals surface area contributed by atoms with Crippen LogP contribution in [0.1, 0.15) is 44.0 Å². The van der Waals surface area contributed by atoms with Gasteiger partial charge >= 0.3 is 0 Å². The summed E-state index contributed by atoms with van der Waals surface area (Å²) in [4.78, 5) is 0. The Morgan fingerprint density at radius 2 is 1.31 bits per heavy atom.